The second-order valence-electron chi connectivity index (χ2n) is 6.80. The Hall–Kier alpha value is -1.94. The Morgan fingerprint density at radius 1 is 1.04 bits per heavy atom. The minimum Gasteiger partial charge on any atom is -0.460 e. The van der Waals surface area contributed by atoms with Gasteiger partial charge in [-0.2, -0.15) is 0 Å². The van der Waals surface area contributed by atoms with Crippen LogP contribution in [0.3, 0.4) is 0 Å². The predicted octanol–water partition coefficient (Wildman–Crippen LogP) is 6.09. The molecule has 1 saturated carbocycles. The predicted molar refractivity (Wildman–Crippen MR) is 97.9 cm³/mol. The van der Waals surface area contributed by atoms with Crippen LogP contribution in [0.1, 0.15) is 49.3 Å². The molecule has 3 aromatic rings. The summed E-state index contributed by atoms with van der Waals surface area (Å²) in [5.74, 6) is 0.924. The minimum absolute atomic E-state index is 0.325. The van der Waals surface area contributed by atoms with Crippen molar-refractivity contribution < 1.29 is 13.0 Å². The summed E-state index contributed by atoms with van der Waals surface area (Å²) in [4.78, 5) is 1.30. The van der Waals surface area contributed by atoms with Crippen LogP contribution in [0, 0.1) is 12.7 Å². The maximum Gasteiger partial charge on any atom is 0.135 e. The third-order valence-corrected chi connectivity index (χ3v) is 6.70. The fourth-order valence-corrected chi connectivity index (χ4v) is 5.09. The highest BCUT2D eigenvalue weighted by atomic mass is 32.2. The molecule has 0 amide bonds. The smallest absolute Gasteiger partial charge is 0.135 e. The normalized spacial score (nSPS) is 17.0. The van der Waals surface area contributed by atoms with E-state index in [1.165, 1.54) is 49.8 Å². The molecule has 0 unspecified atom stereocenters. The molecule has 1 fully saturated rings. The Balaban J connectivity index is 1.78. The number of hydrogen-bond donors (Lipinski definition) is 0. The molecule has 1 heterocycles. The number of rotatable bonds is 3. The Morgan fingerprint density at radius 3 is 2.48 bits per heavy atom. The Labute approximate surface area is 149 Å². The van der Waals surface area contributed by atoms with Gasteiger partial charge in [-0.05, 0) is 67.6 Å². The van der Waals surface area contributed by atoms with Crippen molar-refractivity contribution in [3.05, 3.63) is 59.6 Å². The zero-order chi connectivity index (χ0) is 17.4. The average Bonchev–Trinajstić information content (AvgIpc) is 2.97. The SMILES string of the molecule is Cc1oc2ccc(C3CCCCC3)cc2c1[S@](=O)c1ccc(F)cc1. The highest BCUT2D eigenvalue weighted by Gasteiger charge is 2.21. The maximum atomic E-state index is 13.2. The first-order chi connectivity index (χ1) is 12.1. The highest BCUT2D eigenvalue weighted by Crippen LogP contribution is 2.37. The van der Waals surface area contributed by atoms with E-state index in [1.54, 1.807) is 12.1 Å². The standard InChI is InChI=1S/C21H21FO2S/c1-14-21(25(23)18-10-8-17(22)9-11-18)19-13-16(7-12-20(19)24-14)15-5-3-2-4-6-15/h7-13,15H,2-6H2,1H3/t25-/m1/s1. The van der Waals surface area contributed by atoms with E-state index in [-0.39, 0.29) is 5.82 Å². The van der Waals surface area contributed by atoms with Crippen LogP contribution in [0.15, 0.2) is 56.7 Å². The lowest BCUT2D eigenvalue weighted by molar-refractivity contribution is 0.444. The molecule has 0 saturated heterocycles. The van der Waals surface area contributed by atoms with Crippen LogP contribution >= 0.6 is 0 Å². The lowest BCUT2D eigenvalue weighted by Crippen LogP contribution is -2.04. The Morgan fingerprint density at radius 2 is 1.76 bits per heavy atom. The zero-order valence-corrected chi connectivity index (χ0v) is 15.1. The quantitative estimate of drug-likeness (QED) is 0.568. The van der Waals surface area contributed by atoms with Crippen LogP contribution in [0.4, 0.5) is 4.39 Å². The molecule has 0 aliphatic heterocycles. The molecule has 130 valence electrons. The minimum atomic E-state index is -1.38. The lowest BCUT2D eigenvalue weighted by Gasteiger charge is -2.21. The van der Waals surface area contributed by atoms with E-state index in [4.69, 9.17) is 4.42 Å². The van der Waals surface area contributed by atoms with E-state index in [1.807, 2.05) is 13.0 Å². The van der Waals surface area contributed by atoms with Gasteiger partial charge in [0, 0.05) is 10.3 Å². The number of aryl methyl sites for hydroxylation is 1. The molecule has 2 nitrogen and oxygen atoms in total. The number of benzene rings is 2. The molecule has 1 aromatic heterocycles. The van der Waals surface area contributed by atoms with Crippen molar-refractivity contribution in [1.29, 1.82) is 0 Å². The van der Waals surface area contributed by atoms with Crippen LogP contribution in [0.5, 0.6) is 0 Å². The molecule has 0 N–H and O–H groups in total. The van der Waals surface area contributed by atoms with E-state index in [9.17, 15) is 8.60 Å². The fraction of sp³-hybridized carbons (Fsp3) is 0.333. The Kier molecular flexibility index (Phi) is 4.46. The van der Waals surface area contributed by atoms with E-state index in [0.717, 1.165) is 11.0 Å². The summed E-state index contributed by atoms with van der Waals surface area (Å²) in [6, 6.07) is 12.1. The molecular formula is C21H21FO2S. The van der Waals surface area contributed by atoms with E-state index in [0.29, 0.717) is 21.5 Å². The van der Waals surface area contributed by atoms with E-state index in [2.05, 4.69) is 12.1 Å². The second-order valence-corrected chi connectivity index (χ2v) is 8.22. The molecule has 25 heavy (non-hydrogen) atoms. The summed E-state index contributed by atoms with van der Waals surface area (Å²) in [5, 5.41) is 0.920. The number of hydrogen-bond acceptors (Lipinski definition) is 2. The number of furan rings is 1. The molecule has 4 heteroatoms. The van der Waals surface area contributed by atoms with Gasteiger partial charge in [0.1, 0.15) is 17.2 Å². The van der Waals surface area contributed by atoms with Gasteiger partial charge in [0.2, 0.25) is 0 Å². The van der Waals surface area contributed by atoms with E-state index < -0.39 is 10.8 Å². The summed E-state index contributed by atoms with van der Waals surface area (Å²) in [5.41, 5.74) is 2.08. The largest absolute Gasteiger partial charge is 0.460 e. The van der Waals surface area contributed by atoms with Gasteiger partial charge in [-0.3, -0.25) is 0 Å². The van der Waals surface area contributed by atoms with Crippen LogP contribution in [-0.4, -0.2) is 4.21 Å². The molecule has 1 aliphatic carbocycles. The summed E-state index contributed by atoms with van der Waals surface area (Å²) < 4.78 is 32.1. The van der Waals surface area contributed by atoms with Gasteiger partial charge in [0.05, 0.1) is 15.7 Å². The van der Waals surface area contributed by atoms with Crippen molar-refractivity contribution in [2.24, 2.45) is 0 Å². The van der Waals surface area contributed by atoms with Crippen molar-refractivity contribution >= 4 is 21.8 Å². The van der Waals surface area contributed by atoms with Crippen molar-refractivity contribution in [3.8, 4) is 0 Å². The summed E-state index contributed by atoms with van der Waals surface area (Å²) in [6.07, 6.45) is 6.32. The molecular weight excluding hydrogens is 335 g/mol. The van der Waals surface area contributed by atoms with Gasteiger partial charge < -0.3 is 4.42 Å². The third kappa shape index (κ3) is 3.15. The Bertz CT molecular complexity index is 921. The van der Waals surface area contributed by atoms with Crippen molar-refractivity contribution in [1.82, 2.24) is 0 Å². The maximum absolute atomic E-state index is 13.2. The van der Waals surface area contributed by atoms with Gasteiger partial charge >= 0.3 is 0 Å². The van der Waals surface area contributed by atoms with Crippen LogP contribution in [-0.2, 0) is 10.8 Å². The molecule has 0 bridgehead atoms. The number of fused-ring (bicyclic) bond motifs is 1. The van der Waals surface area contributed by atoms with E-state index >= 15 is 0 Å². The van der Waals surface area contributed by atoms with Gasteiger partial charge in [-0.1, -0.05) is 25.3 Å². The first kappa shape index (κ1) is 16.5. The van der Waals surface area contributed by atoms with Gasteiger partial charge in [0.25, 0.3) is 0 Å². The van der Waals surface area contributed by atoms with Crippen LogP contribution in [0.2, 0.25) is 0 Å². The molecule has 1 aliphatic rings. The molecule has 1 atom stereocenters. The monoisotopic (exact) mass is 356 g/mol. The molecule has 4 rings (SSSR count). The van der Waals surface area contributed by atoms with Gasteiger partial charge in [-0.15, -0.1) is 0 Å². The average molecular weight is 356 g/mol. The zero-order valence-electron chi connectivity index (χ0n) is 14.3. The second kappa shape index (κ2) is 6.75. The van der Waals surface area contributed by atoms with Crippen molar-refractivity contribution in [2.45, 2.75) is 54.7 Å². The van der Waals surface area contributed by atoms with Crippen molar-refractivity contribution in [2.75, 3.05) is 0 Å². The summed E-state index contributed by atoms with van der Waals surface area (Å²) in [7, 11) is -1.38. The fourth-order valence-electron chi connectivity index (χ4n) is 3.81. The third-order valence-electron chi connectivity index (χ3n) is 5.12. The van der Waals surface area contributed by atoms with Crippen LogP contribution < -0.4 is 0 Å². The van der Waals surface area contributed by atoms with Crippen LogP contribution in [0.25, 0.3) is 11.0 Å². The number of halogens is 1. The lowest BCUT2D eigenvalue weighted by atomic mass is 9.84. The molecule has 2 aromatic carbocycles. The molecule has 0 radical (unpaired) electrons. The van der Waals surface area contributed by atoms with Gasteiger partial charge in [-0.25, -0.2) is 8.60 Å². The molecule has 0 spiro atoms. The van der Waals surface area contributed by atoms with Gasteiger partial charge in [0.15, 0.2) is 0 Å². The van der Waals surface area contributed by atoms with Crippen molar-refractivity contribution in [3.63, 3.8) is 0 Å². The summed E-state index contributed by atoms with van der Waals surface area (Å²) in [6.45, 7) is 1.84. The summed E-state index contributed by atoms with van der Waals surface area (Å²) >= 11 is 0. The topological polar surface area (TPSA) is 30.2 Å². The highest BCUT2D eigenvalue weighted by molar-refractivity contribution is 7.85. The first-order valence-corrected chi connectivity index (χ1v) is 9.99. The first-order valence-electron chi connectivity index (χ1n) is 8.84.